The summed E-state index contributed by atoms with van der Waals surface area (Å²) in [4.78, 5) is 15.8. The zero-order valence-electron chi connectivity index (χ0n) is 11.4. The molecule has 1 aromatic heterocycles. The van der Waals surface area contributed by atoms with Gasteiger partial charge in [0.05, 0.1) is 5.69 Å². The lowest BCUT2D eigenvalue weighted by atomic mass is 9.92. The fraction of sp³-hybridized carbons (Fsp3) is 0.538. The van der Waals surface area contributed by atoms with Gasteiger partial charge in [-0.05, 0) is 17.5 Å². The van der Waals surface area contributed by atoms with Gasteiger partial charge in [-0.15, -0.1) is 24.4 Å². The molecule has 1 heterocycles. The molecule has 0 aliphatic rings. The molecule has 0 spiro atoms. The highest BCUT2D eigenvalue weighted by atomic mass is 32.2. The number of nitrogens with zero attached hydrogens (tertiary/aromatic N) is 1. The van der Waals surface area contributed by atoms with Crippen LogP contribution in [0.4, 0.5) is 4.79 Å². The monoisotopic (exact) mass is 300 g/mol. The minimum Gasteiger partial charge on any atom is -0.465 e. The quantitative estimate of drug-likeness (QED) is 0.730. The molecule has 1 amide bonds. The van der Waals surface area contributed by atoms with Crippen molar-refractivity contribution in [2.75, 3.05) is 6.54 Å². The number of aromatic nitrogens is 1. The number of nitrogens with one attached hydrogen (secondary N) is 1. The topological polar surface area (TPSA) is 62.2 Å². The number of carboxylic acid groups (broad SMARTS) is 1. The smallest absolute Gasteiger partial charge is 0.404 e. The molecule has 6 heteroatoms. The molecule has 106 valence electrons. The van der Waals surface area contributed by atoms with Crippen LogP contribution < -0.4 is 5.32 Å². The minimum atomic E-state index is -0.984. The molecule has 0 aliphatic carbocycles. The number of thioether (sulfide) groups is 1. The fourth-order valence-electron chi connectivity index (χ4n) is 1.52. The number of thiol groups is 1. The van der Waals surface area contributed by atoms with E-state index in [4.69, 9.17) is 5.11 Å². The van der Waals surface area contributed by atoms with E-state index in [1.54, 1.807) is 18.0 Å². The van der Waals surface area contributed by atoms with Crippen LogP contribution in [0.1, 0.15) is 26.5 Å². The van der Waals surface area contributed by atoms with E-state index < -0.39 is 6.09 Å². The molecular weight excluding hydrogens is 280 g/mol. The standard InChI is InChI=1S/C13H20N2O2S2/c1-13(2,3)11(7-15-12(16)17)19-8-9-10(18)5-4-6-14-9/h4-6,11,15,18H,7-8H2,1-3H3,(H,16,17). The second-order valence-corrected chi connectivity index (χ2v) is 6.99. The zero-order chi connectivity index (χ0) is 14.5. The maximum atomic E-state index is 10.6. The lowest BCUT2D eigenvalue weighted by molar-refractivity contribution is 0.193. The van der Waals surface area contributed by atoms with Crippen molar-refractivity contribution >= 4 is 30.5 Å². The van der Waals surface area contributed by atoms with Crippen LogP contribution in [-0.4, -0.2) is 28.0 Å². The van der Waals surface area contributed by atoms with Crippen molar-refractivity contribution in [1.82, 2.24) is 10.3 Å². The largest absolute Gasteiger partial charge is 0.465 e. The van der Waals surface area contributed by atoms with Crippen LogP contribution in [0.3, 0.4) is 0 Å². The number of rotatable bonds is 5. The summed E-state index contributed by atoms with van der Waals surface area (Å²) in [5, 5.41) is 11.4. The minimum absolute atomic E-state index is 0.0126. The summed E-state index contributed by atoms with van der Waals surface area (Å²) in [6.45, 7) is 6.74. The van der Waals surface area contributed by atoms with Gasteiger partial charge in [-0.25, -0.2) is 4.79 Å². The number of pyridine rings is 1. The van der Waals surface area contributed by atoms with Gasteiger partial charge in [-0.1, -0.05) is 20.8 Å². The average molecular weight is 300 g/mol. The van der Waals surface area contributed by atoms with Gasteiger partial charge < -0.3 is 10.4 Å². The van der Waals surface area contributed by atoms with Crippen molar-refractivity contribution in [2.24, 2.45) is 5.41 Å². The summed E-state index contributed by atoms with van der Waals surface area (Å²) >= 11 is 6.07. The van der Waals surface area contributed by atoms with E-state index in [9.17, 15) is 4.79 Å². The summed E-state index contributed by atoms with van der Waals surface area (Å²) in [7, 11) is 0. The number of hydrogen-bond acceptors (Lipinski definition) is 4. The highest BCUT2D eigenvalue weighted by Crippen LogP contribution is 2.32. The molecule has 1 unspecified atom stereocenters. The van der Waals surface area contributed by atoms with Gasteiger partial charge in [0.2, 0.25) is 0 Å². The third kappa shape index (κ3) is 5.74. The summed E-state index contributed by atoms with van der Waals surface area (Å²) in [6, 6.07) is 3.76. The van der Waals surface area contributed by atoms with Crippen LogP contribution in [0.5, 0.6) is 0 Å². The maximum absolute atomic E-state index is 10.6. The van der Waals surface area contributed by atoms with Crippen molar-refractivity contribution in [1.29, 1.82) is 0 Å². The van der Waals surface area contributed by atoms with Crippen molar-refractivity contribution in [3.8, 4) is 0 Å². The average Bonchev–Trinajstić information content (AvgIpc) is 2.29. The van der Waals surface area contributed by atoms with Crippen LogP contribution in [0.15, 0.2) is 23.2 Å². The van der Waals surface area contributed by atoms with E-state index in [0.717, 1.165) is 16.3 Å². The van der Waals surface area contributed by atoms with E-state index in [1.807, 2.05) is 12.1 Å². The Bertz CT molecular complexity index is 433. The molecule has 0 radical (unpaired) electrons. The van der Waals surface area contributed by atoms with Crippen LogP contribution in [0, 0.1) is 5.41 Å². The first-order valence-electron chi connectivity index (χ1n) is 6.02. The third-order valence-corrected chi connectivity index (χ3v) is 4.82. The van der Waals surface area contributed by atoms with E-state index in [-0.39, 0.29) is 10.7 Å². The normalized spacial score (nSPS) is 13.1. The van der Waals surface area contributed by atoms with Gasteiger partial charge >= 0.3 is 6.09 Å². The molecule has 0 fully saturated rings. The second kappa shape index (κ2) is 7.05. The van der Waals surface area contributed by atoms with Gasteiger partial charge in [0, 0.05) is 28.6 Å². The molecule has 1 atom stereocenters. The second-order valence-electron chi connectivity index (χ2n) is 5.32. The molecular formula is C13H20N2O2S2. The third-order valence-electron chi connectivity index (χ3n) is 2.69. The van der Waals surface area contributed by atoms with Crippen molar-refractivity contribution < 1.29 is 9.90 Å². The van der Waals surface area contributed by atoms with E-state index in [0.29, 0.717) is 6.54 Å². The number of hydrogen-bond donors (Lipinski definition) is 3. The van der Waals surface area contributed by atoms with Crippen LogP contribution >= 0.6 is 24.4 Å². The Kier molecular flexibility index (Phi) is 6.00. The Balaban J connectivity index is 2.63. The Labute approximate surface area is 123 Å². The Morgan fingerprint density at radius 2 is 2.26 bits per heavy atom. The SMILES string of the molecule is CC(C)(C)C(CNC(=O)O)SCc1ncccc1S. The van der Waals surface area contributed by atoms with E-state index in [1.165, 1.54) is 0 Å². The highest BCUT2D eigenvalue weighted by Gasteiger charge is 2.25. The lowest BCUT2D eigenvalue weighted by Gasteiger charge is -2.30. The van der Waals surface area contributed by atoms with Gasteiger partial charge in [-0.2, -0.15) is 0 Å². The summed E-state index contributed by atoms with van der Waals surface area (Å²) in [5.74, 6) is 0.725. The molecule has 1 rings (SSSR count). The van der Waals surface area contributed by atoms with Crippen LogP contribution in [0.2, 0.25) is 0 Å². The molecule has 0 aromatic carbocycles. The molecule has 0 saturated carbocycles. The molecule has 0 saturated heterocycles. The Hall–Kier alpha value is -0.880. The first-order chi connectivity index (χ1) is 8.80. The number of carbonyl (C=O) groups is 1. The lowest BCUT2D eigenvalue weighted by Crippen LogP contribution is -2.36. The molecule has 0 aliphatic heterocycles. The predicted octanol–water partition coefficient (Wildman–Crippen LogP) is 3.29. The molecule has 4 nitrogen and oxygen atoms in total. The summed E-state index contributed by atoms with van der Waals surface area (Å²) < 4.78 is 0. The summed E-state index contributed by atoms with van der Waals surface area (Å²) in [5.41, 5.74) is 0.943. The Morgan fingerprint density at radius 1 is 1.58 bits per heavy atom. The van der Waals surface area contributed by atoms with Crippen LogP contribution in [0.25, 0.3) is 0 Å². The number of amides is 1. The van der Waals surface area contributed by atoms with Gasteiger partial charge in [0.1, 0.15) is 0 Å². The van der Waals surface area contributed by atoms with Gasteiger partial charge in [0.15, 0.2) is 0 Å². The highest BCUT2D eigenvalue weighted by molar-refractivity contribution is 7.99. The van der Waals surface area contributed by atoms with Crippen LogP contribution in [-0.2, 0) is 5.75 Å². The fourth-order valence-corrected chi connectivity index (χ4v) is 3.14. The zero-order valence-corrected chi connectivity index (χ0v) is 13.1. The van der Waals surface area contributed by atoms with Gasteiger partial charge in [0.25, 0.3) is 0 Å². The van der Waals surface area contributed by atoms with E-state index >= 15 is 0 Å². The van der Waals surface area contributed by atoms with Crippen molar-refractivity contribution in [2.45, 2.75) is 36.7 Å². The van der Waals surface area contributed by atoms with Crippen molar-refractivity contribution in [3.05, 3.63) is 24.0 Å². The van der Waals surface area contributed by atoms with E-state index in [2.05, 4.69) is 43.7 Å². The first-order valence-corrected chi connectivity index (χ1v) is 7.51. The van der Waals surface area contributed by atoms with Gasteiger partial charge in [-0.3, -0.25) is 4.98 Å². The maximum Gasteiger partial charge on any atom is 0.404 e. The predicted molar refractivity (Wildman–Crippen MR) is 82.1 cm³/mol. The summed E-state index contributed by atoms with van der Waals surface area (Å²) in [6.07, 6.45) is 0.763. The Morgan fingerprint density at radius 3 is 2.79 bits per heavy atom. The van der Waals surface area contributed by atoms with Crippen molar-refractivity contribution in [3.63, 3.8) is 0 Å². The first kappa shape index (κ1) is 16.2. The molecule has 2 N–H and O–H groups in total. The molecule has 0 bridgehead atoms. The molecule has 19 heavy (non-hydrogen) atoms. The molecule has 1 aromatic rings.